The molecule has 2 aliphatic carbocycles. The lowest BCUT2D eigenvalue weighted by atomic mass is 9.49. The van der Waals surface area contributed by atoms with Gasteiger partial charge in [0.1, 0.15) is 11.6 Å². The molecule has 0 spiro atoms. The van der Waals surface area contributed by atoms with Gasteiger partial charge in [0.05, 0.1) is 5.41 Å². The molecule has 9 heteroatoms. The highest BCUT2D eigenvalue weighted by Gasteiger charge is 2.60. The molecule has 3 N–H and O–H groups in total. The number of rotatable bonds is 4. The van der Waals surface area contributed by atoms with E-state index in [1.54, 1.807) is 33.8 Å². The molecule has 9 nitrogen and oxygen atoms in total. The molecule has 0 unspecified atom stereocenters. The summed E-state index contributed by atoms with van der Waals surface area (Å²) < 4.78 is 11.6. The van der Waals surface area contributed by atoms with Gasteiger partial charge in [-0.1, -0.05) is 34.1 Å². The Hall–Kier alpha value is -3.10. The first-order valence-electron chi connectivity index (χ1n) is 13.0. The number of nitrogens with zero attached hydrogens (tertiary/aromatic N) is 2. The van der Waals surface area contributed by atoms with Crippen molar-refractivity contribution >= 4 is 11.9 Å². The average molecular weight is 514 g/mol. The number of alkyl carbamates (subject to hydrolysis) is 1. The normalized spacial score (nSPS) is 23.8. The van der Waals surface area contributed by atoms with Gasteiger partial charge in [-0.15, -0.1) is 10.2 Å². The molecule has 1 fully saturated rings. The molecule has 0 aliphatic heterocycles. The number of benzene rings is 1. The van der Waals surface area contributed by atoms with Gasteiger partial charge in [-0.25, -0.2) is 4.79 Å². The molecule has 1 amide bonds. The summed E-state index contributed by atoms with van der Waals surface area (Å²) in [6, 6.07) is 1.08. The summed E-state index contributed by atoms with van der Waals surface area (Å²) in [7, 11) is 0. The SMILES string of the molecule is CC(C)c1cc2c(c(O)c1O)[C@@]1(c3nnc([C@H](C)NC(=O)OC(C)(C)C)o3)CCCC(C)(C)[C@@H]1CC2=O. The first kappa shape index (κ1) is 26.9. The van der Waals surface area contributed by atoms with E-state index >= 15 is 0 Å². The summed E-state index contributed by atoms with van der Waals surface area (Å²) in [4.78, 5) is 25.8. The minimum absolute atomic E-state index is 0.0671. The number of carbonyl (C=O) groups excluding carboxylic acids is 2. The number of aromatic nitrogens is 2. The average Bonchev–Trinajstić information content (AvgIpc) is 3.26. The molecule has 2 aromatic rings. The van der Waals surface area contributed by atoms with Gasteiger partial charge in [0.15, 0.2) is 17.3 Å². The number of phenols is 2. The van der Waals surface area contributed by atoms with E-state index in [2.05, 4.69) is 29.4 Å². The number of aromatic hydroxyl groups is 2. The number of fused-ring (bicyclic) bond motifs is 3. The highest BCUT2D eigenvalue weighted by Crippen LogP contribution is 2.62. The number of hydrogen-bond donors (Lipinski definition) is 3. The first-order valence-corrected chi connectivity index (χ1v) is 13.0. The molecule has 202 valence electrons. The fourth-order valence-electron chi connectivity index (χ4n) is 6.17. The number of Topliss-reactive ketones (excluding diaryl/α,β-unsaturated/α-hetero) is 1. The van der Waals surface area contributed by atoms with Gasteiger partial charge in [-0.2, -0.15) is 0 Å². The van der Waals surface area contributed by atoms with Gasteiger partial charge in [-0.3, -0.25) is 4.79 Å². The zero-order chi connectivity index (χ0) is 27.5. The van der Waals surface area contributed by atoms with E-state index in [0.29, 0.717) is 23.1 Å². The van der Waals surface area contributed by atoms with E-state index in [1.165, 1.54) is 0 Å². The maximum atomic E-state index is 13.5. The van der Waals surface area contributed by atoms with Crippen molar-refractivity contribution < 1.29 is 29.0 Å². The van der Waals surface area contributed by atoms with Crippen molar-refractivity contribution in [3.8, 4) is 11.5 Å². The van der Waals surface area contributed by atoms with E-state index in [9.17, 15) is 19.8 Å². The second kappa shape index (κ2) is 9.03. The second-order valence-corrected chi connectivity index (χ2v) is 12.5. The molecule has 1 aromatic carbocycles. The molecule has 1 heterocycles. The Kier molecular flexibility index (Phi) is 6.57. The van der Waals surface area contributed by atoms with Crippen molar-refractivity contribution in [3.05, 3.63) is 34.5 Å². The lowest BCUT2D eigenvalue weighted by Gasteiger charge is -2.53. The summed E-state index contributed by atoms with van der Waals surface area (Å²) in [5, 5.41) is 33.8. The predicted octanol–water partition coefficient (Wildman–Crippen LogP) is 5.89. The predicted molar refractivity (Wildman–Crippen MR) is 137 cm³/mol. The summed E-state index contributed by atoms with van der Waals surface area (Å²) in [6.07, 6.45) is 1.95. The van der Waals surface area contributed by atoms with E-state index in [1.807, 2.05) is 13.8 Å². The van der Waals surface area contributed by atoms with Crippen molar-refractivity contribution in [2.24, 2.45) is 11.3 Å². The van der Waals surface area contributed by atoms with Crippen LogP contribution < -0.4 is 5.32 Å². The van der Waals surface area contributed by atoms with Crippen molar-refractivity contribution in [2.45, 2.75) is 104 Å². The number of amides is 1. The van der Waals surface area contributed by atoms with Crippen LogP contribution >= 0.6 is 0 Å². The van der Waals surface area contributed by atoms with Gasteiger partial charge in [0.2, 0.25) is 11.8 Å². The van der Waals surface area contributed by atoms with Crippen LogP contribution in [-0.4, -0.2) is 37.9 Å². The zero-order valence-corrected chi connectivity index (χ0v) is 23.1. The van der Waals surface area contributed by atoms with Crippen LogP contribution in [0.15, 0.2) is 10.5 Å². The number of ether oxygens (including phenoxy) is 1. The number of ketones is 1. The van der Waals surface area contributed by atoms with Gasteiger partial charge in [0, 0.05) is 23.1 Å². The molecule has 0 saturated heterocycles. The summed E-state index contributed by atoms with van der Waals surface area (Å²) in [6.45, 7) is 15.1. The molecule has 1 aromatic heterocycles. The van der Waals surface area contributed by atoms with E-state index in [0.717, 1.165) is 12.8 Å². The van der Waals surface area contributed by atoms with Crippen molar-refractivity contribution in [1.29, 1.82) is 0 Å². The summed E-state index contributed by atoms with van der Waals surface area (Å²) in [5.74, 6) is -0.428. The van der Waals surface area contributed by atoms with Crippen molar-refractivity contribution in [1.82, 2.24) is 15.5 Å². The highest BCUT2D eigenvalue weighted by atomic mass is 16.6. The Balaban J connectivity index is 1.85. The lowest BCUT2D eigenvalue weighted by Crippen LogP contribution is -2.52. The molecular formula is C28H39N3O6. The van der Waals surface area contributed by atoms with Crippen LogP contribution in [0.1, 0.15) is 126 Å². The highest BCUT2D eigenvalue weighted by molar-refractivity contribution is 6.01. The van der Waals surface area contributed by atoms with Crippen LogP contribution in [0.2, 0.25) is 0 Å². The van der Waals surface area contributed by atoms with Crippen LogP contribution in [0.3, 0.4) is 0 Å². The molecule has 1 saturated carbocycles. The minimum atomic E-state index is -0.959. The second-order valence-electron chi connectivity index (χ2n) is 12.5. The lowest BCUT2D eigenvalue weighted by molar-refractivity contribution is 0.0324. The maximum Gasteiger partial charge on any atom is 0.408 e. The zero-order valence-electron chi connectivity index (χ0n) is 23.1. The van der Waals surface area contributed by atoms with Crippen LogP contribution in [-0.2, 0) is 10.2 Å². The number of hydrogen-bond acceptors (Lipinski definition) is 8. The molecule has 2 aliphatic rings. The van der Waals surface area contributed by atoms with Crippen LogP contribution in [0.25, 0.3) is 0 Å². The van der Waals surface area contributed by atoms with Gasteiger partial charge < -0.3 is 24.7 Å². The molecule has 37 heavy (non-hydrogen) atoms. The largest absolute Gasteiger partial charge is 0.504 e. The Morgan fingerprint density at radius 1 is 1.16 bits per heavy atom. The van der Waals surface area contributed by atoms with Gasteiger partial charge >= 0.3 is 6.09 Å². The fourth-order valence-corrected chi connectivity index (χ4v) is 6.17. The van der Waals surface area contributed by atoms with Gasteiger partial charge in [0.25, 0.3) is 0 Å². The number of phenolic OH excluding ortho intramolecular Hbond substituents is 2. The van der Waals surface area contributed by atoms with Crippen LogP contribution in [0, 0.1) is 11.3 Å². The minimum Gasteiger partial charge on any atom is -0.504 e. The smallest absolute Gasteiger partial charge is 0.408 e. The Morgan fingerprint density at radius 3 is 2.46 bits per heavy atom. The maximum absolute atomic E-state index is 13.5. The number of carbonyl (C=O) groups is 2. The van der Waals surface area contributed by atoms with Gasteiger partial charge in [-0.05, 0) is 63.9 Å². The quantitative estimate of drug-likeness (QED) is 0.431. The van der Waals surface area contributed by atoms with E-state index in [4.69, 9.17) is 9.15 Å². The third kappa shape index (κ3) is 4.57. The molecule has 4 rings (SSSR count). The van der Waals surface area contributed by atoms with E-state index in [-0.39, 0.29) is 52.7 Å². The molecule has 0 bridgehead atoms. The van der Waals surface area contributed by atoms with Crippen LogP contribution in [0.4, 0.5) is 4.79 Å². The standard InChI is InChI=1S/C28H39N3O6/c1-14(2)16-12-17-18(32)13-19-27(7,8)10-9-11-28(19,20(17)22(34)21(16)33)24-31-30-23(36-24)15(3)29-25(35)37-26(4,5)6/h12,14-15,19,33-34H,9-11,13H2,1-8H3,(H,29,35)/t15-,19-,28+/m0/s1. The summed E-state index contributed by atoms with van der Waals surface area (Å²) >= 11 is 0. The number of nitrogens with one attached hydrogen (secondary N) is 1. The van der Waals surface area contributed by atoms with Crippen molar-refractivity contribution in [2.75, 3.05) is 0 Å². The Labute approximate surface area is 218 Å². The third-order valence-electron chi connectivity index (χ3n) is 7.92. The fraction of sp³-hybridized carbons (Fsp3) is 0.643. The first-order chi connectivity index (χ1) is 17.1. The summed E-state index contributed by atoms with van der Waals surface area (Å²) in [5.41, 5.74) is -0.594. The molecule has 0 radical (unpaired) electrons. The monoisotopic (exact) mass is 513 g/mol. The third-order valence-corrected chi connectivity index (χ3v) is 7.92. The topological polar surface area (TPSA) is 135 Å². The Bertz CT molecular complexity index is 1230. The Morgan fingerprint density at radius 2 is 1.84 bits per heavy atom. The van der Waals surface area contributed by atoms with E-state index < -0.39 is 23.2 Å². The molecule has 3 atom stereocenters. The van der Waals surface area contributed by atoms with Crippen molar-refractivity contribution in [3.63, 3.8) is 0 Å². The van der Waals surface area contributed by atoms with Crippen LogP contribution in [0.5, 0.6) is 11.5 Å². The molecular weight excluding hydrogens is 474 g/mol.